The summed E-state index contributed by atoms with van der Waals surface area (Å²) in [6.45, 7) is 0.806. The van der Waals surface area contributed by atoms with Crippen molar-refractivity contribution in [2.45, 2.75) is 6.10 Å². The fraction of sp³-hybridized carbons (Fsp3) is 0.143. The molecular weight excluding hydrogens is 392 g/mol. The molecule has 1 aliphatic heterocycles. The van der Waals surface area contributed by atoms with Crippen LogP contribution in [0.4, 0.5) is 0 Å². The van der Waals surface area contributed by atoms with Gasteiger partial charge in [0.05, 0.1) is 26.5 Å². The molecule has 0 fully saturated rings. The zero-order valence-corrected chi connectivity index (χ0v) is 16.4. The molecule has 0 bridgehead atoms. The molecule has 1 atom stereocenters. The van der Waals surface area contributed by atoms with Gasteiger partial charge in [0.2, 0.25) is 0 Å². The Labute approximate surface area is 169 Å². The number of fused-ring (bicyclic) bond motifs is 2. The molecule has 1 N–H and O–H groups in total. The quantitative estimate of drug-likeness (QED) is 0.536. The van der Waals surface area contributed by atoms with E-state index in [-0.39, 0.29) is 12.0 Å². The number of hydrogen-bond acceptors (Lipinski definition) is 6. The number of rotatable bonds is 4. The molecule has 2 aromatic heterocycles. The monoisotopic (exact) mass is 408 g/mol. The van der Waals surface area contributed by atoms with E-state index < -0.39 is 0 Å². The maximum Gasteiger partial charge on any atom is 0.261 e. The highest BCUT2D eigenvalue weighted by Crippen LogP contribution is 2.34. The summed E-state index contributed by atoms with van der Waals surface area (Å²) in [6.07, 6.45) is -0.206. The van der Waals surface area contributed by atoms with Crippen molar-refractivity contribution in [3.63, 3.8) is 0 Å². The Morgan fingerprint density at radius 2 is 1.86 bits per heavy atom. The molecule has 0 saturated carbocycles. The molecule has 3 heterocycles. The number of nitrogens with zero attached hydrogens (tertiary/aromatic N) is 1. The van der Waals surface area contributed by atoms with Crippen LogP contribution in [-0.2, 0) is 0 Å². The first-order chi connectivity index (χ1) is 13.8. The number of nitrogens with one attached hydrogen (secondary N) is 1. The summed E-state index contributed by atoms with van der Waals surface area (Å²) < 4.78 is 12.7. The lowest BCUT2D eigenvalue weighted by Gasteiger charge is -2.26. The number of thiazole rings is 1. The van der Waals surface area contributed by atoms with E-state index in [0.717, 1.165) is 25.9 Å². The molecule has 0 spiro atoms. The fourth-order valence-electron chi connectivity index (χ4n) is 3.01. The van der Waals surface area contributed by atoms with E-state index in [1.54, 1.807) is 11.3 Å². The highest BCUT2D eigenvalue weighted by molar-refractivity contribution is 7.26. The van der Waals surface area contributed by atoms with Crippen LogP contribution in [0.15, 0.2) is 60.7 Å². The molecular formula is C21H16N2O3S2. The molecule has 5 rings (SSSR count). The second kappa shape index (κ2) is 7.26. The van der Waals surface area contributed by atoms with Crippen LogP contribution in [0.2, 0.25) is 0 Å². The second-order valence-electron chi connectivity index (χ2n) is 6.36. The summed E-state index contributed by atoms with van der Waals surface area (Å²) in [4.78, 5) is 18.8. The van der Waals surface area contributed by atoms with Gasteiger partial charge in [0.25, 0.3) is 5.91 Å². The van der Waals surface area contributed by atoms with Crippen LogP contribution >= 0.6 is 22.7 Å². The highest BCUT2D eigenvalue weighted by atomic mass is 32.1. The largest absolute Gasteiger partial charge is 0.486 e. The zero-order valence-electron chi connectivity index (χ0n) is 14.8. The van der Waals surface area contributed by atoms with Crippen LogP contribution in [-0.4, -0.2) is 30.1 Å². The number of benzene rings is 2. The van der Waals surface area contributed by atoms with Crippen LogP contribution in [0.25, 0.3) is 20.1 Å². The first-order valence-corrected chi connectivity index (χ1v) is 10.5. The molecule has 1 unspecified atom stereocenters. The third-order valence-electron chi connectivity index (χ3n) is 4.39. The van der Waals surface area contributed by atoms with Gasteiger partial charge in [-0.05, 0) is 36.4 Å². The Hall–Kier alpha value is -2.90. The molecule has 1 amide bonds. The van der Waals surface area contributed by atoms with Crippen LogP contribution in [0, 0.1) is 0 Å². The Balaban J connectivity index is 1.24. The molecule has 4 aromatic rings. The van der Waals surface area contributed by atoms with Gasteiger partial charge in [0, 0.05) is 0 Å². The average molecular weight is 409 g/mol. The molecule has 140 valence electrons. The van der Waals surface area contributed by atoms with E-state index in [1.807, 2.05) is 54.6 Å². The number of aromatic nitrogens is 1. The summed E-state index contributed by atoms with van der Waals surface area (Å²) >= 11 is 3.08. The minimum Gasteiger partial charge on any atom is -0.486 e. The van der Waals surface area contributed by atoms with Gasteiger partial charge in [-0.25, -0.2) is 4.98 Å². The number of ether oxygens (including phenoxy) is 2. The van der Waals surface area contributed by atoms with E-state index >= 15 is 0 Å². The van der Waals surface area contributed by atoms with Crippen molar-refractivity contribution in [2.75, 3.05) is 13.2 Å². The Bertz CT molecular complexity index is 1120. The van der Waals surface area contributed by atoms with E-state index in [9.17, 15) is 4.79 Å². The summed E-state index contributed by atoms with van der Waals surface area (Å²) in [6, 6.07) is 19.4. The van der Waals surface area contributed by atoms with Crippen LogP contribution < -0.4 is 14.8 Å². The molecule has 0 saturated heterocycles. The van der Waals surface area contributed by atoms with Crippen molar-refractivity contribution in [1.29, 1.82) is 0 Å². The lowest BCUT2D eigenvalue weighted by molar-refractivity contribution is 0.0791. The highest BCUT2D eigenvalue weighted by Gasteiger charge is 2.22. The molecule has 28 heavy (non-hydrogen) atoms. The lowest BCUT2D eigenvalue weighted by Crippen LogP contribution is -2.40. The maximum absolute atomic E-state index is 12.5. The van der Waals surface area contributed by atoms with Crippen molar-refractivity contribution >= 4 is 38.8 Å². The van der Waals surface area contributed by atoms with Gasteiger partial charge >= 0.3 is 0 Å². The summed E-state index contributed by atoms with van der Waals surface area (Å²) in [7, 11) is 0. The Morgan fingerprint density at radius 1 is 1.04 bits per heavy atom. The van der Waals surface area contributed by atoms with E-state index in [0.29, 0.717) is 23.8 Å². The van der Waals surface area contributed by atoms with Gasteiger partial charge in [-0.15, -0.1) is 22.7 Å². The normalized spacial score (nSPS) is 15.5. The summed E-state index contributed by atoms with van der Waals surface area (Å²) in [5.74, 6) is 1.34. The Kier molecular flexibility index (Phi) is 4.46. The van der Waals surface area contributed by atoms with Crippen molar-refractivity contribution < 1.29 is 14.3 Å². The fourth-order valence-corrected chi connectivity index (χ4v) is 4.95. The predicted molar refractivity (Wildman–Crippen MR) is 112 cm³/mol. The second-order valence-corrected chi connectivity index (χ2v) is 8.47. The first kappa shape index (κ1) is 17.2. The molecule has 0 aliphatic carbocycles. The van der Waals surface area contributed by atoms with E-state index in [4.69, 9.17) is 9.47 Å². The number of para-hydroxylation sites is 3. The van der Waals surface area contributed by atoms with Crippen molar-refractivity contribution in [1.82, 2.24) is 10.3 Å². The number of thiophene rings is 1. The van der Waals surface area contributed by atoms with Crippen LogP contribution in [0.5, 0.6) is 11.5 Å². The summed E-state index contributed by atoms with van der Waals surface area (Å²) in [5.41, 5.74) is 0.983. The minimum absolute atomic E-state index is 0.111. The van der Waals surface area contributed by atoms with Gasteiger partial charge in [-0.1, -0.05) is 24.3 Å². The molecule has 7 heteroatoms. The van der Waals surface area contributed by atoms with Gasteiger partial charge < -0.3 is 14.8 Å². The topological polar surface area (TPSA) is 60.5 Å². The molecule has 2 aromatic carbocycles. The minimum atomic E-state index is -0.206. The molecule has 5 nitrogen and oxygen atoms in total. The number of carbonyl (C=O) groups is 1. The van der Waals surface area contributed by atoms with Gasteiger partial charge in [0.1, 0.15) is 17.7 Å². The SMILES string of the molecule is O=C(NCC1COc2ccccc2O1)c1ccc(-c2nc3ccccc3s2)s1. The molecule has 0 radical (unpaired) electrons. The van der Waals surface area contributed by atoms with Crippen LogP contribution in [0.3, 0.4) is 0 Å². The lowest BCUT2D eigenvalue weighted by atomic mass is 10.2. The number of carbonyl (C=O) groups excluding carboxylic acids is 1. The van der Waals surface area contributed by atoms with E-state index in [2.05, 4.69) is 16.4 Å². The average Bonchev–Trinajstić information content (AvgIpc) is 3.39. The third kappa shape index (κ3) is 3.34. The van der Waals surface area contributed by atoms with Crippen molar-refractivity contribution in [2.24, 2.45) is 0 Å². The number of amides is 1. The van der Waals surface area contributed by atoms with E-state index in [1.165, 1.54) is 11.3 Å². The third-order valence-corrected chi connectivity index (χ3v) is 6.68. The van der Waals surface area contributed by atoms with Gasteiger partial charge in [0.15, 0.2) is 11.5 Å². The predicted octanol–water partition coefficient (Wildman–Crippen LogP) is 4.59. The molecule has 1 aliphatic rings. The van der Waals surface area contributed by atoms with Crippen molar-refractivity contribution in [3.8, 4) is 21.4 Å². The Morgan fingerprint density at radius 3 is 2.75 bits per heavy atom. The van der Waals surface area contributed by atoms with Gasteiger partial charge in [-0.3, -0.25) is 4.79 Å². The van der Waals surface area contributed by atoms with Gasteiger partial charge in [-0.2, -0.15) is 0 Å². The smallest absolute Gasteiger partial charge is 0.261 e. The van der Waals surface area contributed by atoms with Crippen LogP contribution in [0.1, 0.15) is 9.67 Å². The standard InChI is InChI=1S/C21H16N2O3S2/c24-20(22-11-13-12-25-15-6-2-3-7-16(15)26-13)18-9-10-19(27-18)21-23-14-5-1-4-8-17(14)28-21/h1-10,13H,11-12H2,(H,22,24). The van der Waals surface area contributed by atoms with Crippen molar-refractivity contribution in [3.05, 3.63) is 65.5 Å². The first-order valence-electron chi connectivity index (χ1n) is 8.89. The zero-order chi connectivity index (χ0) is 18.9. The summed E-state index contributed by atoms with van der Waals surface area (Å²) in [5, 5.41) is 3.88. The maximum atomic E-state index is 12.5. The number of hydrogen-bond donors (Lipinski definition) is 1.